The van der Waals surface area contributed by atoms with Gasteiger partial charge in [-0.2, -0.15) is 0 Å². The van der Waals surface area contributed by atoms with Gasteiger partial charge in [0.2, 0.25) is 0 Å². The quantitative estimate of drug-likeness (QED) is 0.452. The molecule has 94 valence electrons. The molecule has 1 aromatic rings. The van der Waals surface area contributed by atoms with E-state index in [4.69, 9.17) is 16.2 Å². The van der Waals surface area contributed by atoms with E-state index in [1.165, 1.54) is 0 Å². The first-order valence-electron chi connectivity index (χ1n) is 5.97. The van der Waals surface area contributed by atoms with Crippen LogP contribution in [0.15, 0.2) is 18.2 Å². The van der Waals surface area contributed by atoms with E-state index in [0.717, 1.165) is 25.7 Å². The Kier molecular flexibility index (Phi) is 5.33. The molecule has 0 heterocycles. The standard InChI is InChI=1S/C13H20N2O2/c1-2-3-4-5-8-17-13(16)11-9-10(14)6-7-12(11)15/h6-7,9H,2-5,8,14-15H2,1H3. The molecule has 0 amide bonds. The van der Waals surface area contributed by atoms with Crippen LogP contribution in [0.1, 0.15) is 43.0 Å². The lowest BCUT2D eigenvalue weighted by atomic mass is 10.1. The van der Waals surface area contributed by atoms with Crippen molar-refractivity contribution in [2.24, 2.45) is 0 Å². The minimum atomic E-state index is -0.397. The van der Waals surface area contributed by atoms with Crippen molar-refractivity contribution in [1.29, 1.82) is 0 Å². The summed E-state index contributed by atoms with van der Waals surface area (Å²) in [6.07, 6.45) is 4.30. The minimum Gasteiger partial charge on any atom is -0.462 e. The molecule has 1 aromatic carbocycles. The summed E-state index contributed by atoms with van der Waals surface area (Å²) >= 11 is 0. The molecule has 0 atom stereocenters. The summed E-state index contributed by atoms with van der Waals surface area (Å²) in [5.41, 5.74) is 12.5. The van der Waals surface area contributed by atoms with Crippen LogP contribution in [0.4, 0.5) is 11.4 Å². The topological polar surface area (TPSA) is 78.3 Å². The van der Waals surface area contributed by atoms with E-state index in [1.54, 1.807) is 18.2 Å². The molecule has 0 unspecified atom stereocenters. The molecular formula is C13H20N2O2. The van der Waals surface area contributed by atoms with Crippen LogP contribution in [0.5, 0.6) is 0 Å². The van der Waals surface area contributed by atoms with Crippen molar-refractivity contribution in [3.63, 3.8) is 0 Å². The third kappa shape index (κ3) is 4.34. The maximum absolute atomic E-state index is 11.7. The summed E-state index contributed by atoms with van der Waals surface area (Å²) < 4.78 is 5.14. The Bertz CT molecular complexity index is 378. The maximum Gasteiger partial charge on any atom is 0.340 e. The second-order valence-electron chi connectivity index (χ2n) is 4.04. The summed E-state index contributed by atoms with van der Waals surface area (Å²) in [5, 5.41) is 0. The lowest BCUT2D eigenvalue weighted by Gasteiger charge is -2.07. The molecule has 4 heteroatoms. The van der Waals surface area contributed by atoms with Crippen LogP contribution in [0.25, 0.3) is 0 Å². The predicted octanol–water partition coefficient (Wildman–Crippen LogP) is 2.59. The van der Waals surface area contributed by atoms with Crippen LogP contribution in [-0.2, 0) is 4.74 Å². The number of carbonyl (C=O) groups is 1. The molecule has 0 spiro atoms. The van der Waals surface area contributed by atoms with Crippen LogP contribution in [0, 0.1) is 0 Å². The number of nitrogen functional groups attached to an aromatic ring is 2. The van der Waals surface area contributed by atoms with E-state index >= 15 is 0 Å². The third-order valence-electron chi connectivity index (χ3n) is 2.53. The van der Waals surface area contributed by atoms with Crippen LogP contribution in [0.3, 0.4) is 0 Å². The fourth-order valence-corrected chi connectivity index (χ4v) is 1.52. The molecule has 1 rings (SSSR count). The third-order valence-corrected chi connectivity index (χ3v) is 2.53. The number of nitrogens with two attached hydrogens (primary N) is 2. The van der Waals surface area contributed by atoms with Gasteiger partial charge in [-0.15, -0.1) is 0 Å². The van der Waals surface area contributed by atoms with Crippen molar-refractivity contribution in [3.8, 4) is 0 Å². The zero-order chi connectivity index (χ0) is 12.7. The first-order valence-corrected chi connectivity index (χ1v) is 5.97. The van der Waals surface area contributed by atoms with E-state index in [0.29, 0.717) is 23.5 Å². The number of benzene rings is 1. The van der Waals surface area contributed by atoms with Crippen LogP contribution in [-0.4, -0.2) is 12.6 Å². The summed E-state index contributed by atoms with van der Waals surface area (Å²) in [4.78, 5) is 11.7. The van der Waals surface area contributed by atoms with Gasteiger partial charge in [-0.25, -0.2) is 4.79 Å². The molecule has 0 aliphatic carbocycles. The van der Waals surface area contributed by atoms with E-state index in [-0.39, 0.29) is 0 Å². The number of hydrogen-bond donors (Lipinski definition) is 2. The highest BCUT2D eigenvalue weighted by Crippen LogP contribution is 2.16. The molecule has 4 nitrogen and oxygen atoms in total. The number of carbonyl (C=O) groups excluding carboxylic acids is 1. The molecule has 0 bridgehead atoms. The van der Waals surface area contributed by atoms with Gasteiger partial charge in [0.05, 0.1) is 12.2 Å². The Morgan fingerprint density at radius 1 is 1.24 bits per heavy atom. The molecule has 0 aliphatic rings. The second-order valence-corrected chi connectivity index (χ2v) is 4.04. The number of anilines is 2. The zero-order valence-electron chi connectivity index (χ0n) is 10.2. The Balaban J connectivity index is 2.44. The predicted molar refractivity (Wildman–Crippen MR) is 69.7 cm³/mol. The number of hydrogen-bond acceptors (Lipinski definition) is 4. The van der Waals surface area contributed by atoms with Gasteiger partial charge >= 0.3 is 5.97 Å². The lowest BCUT2D eigenvalue weighted by Crippen LogP contribution is -2.09. The minimum absolute atomic E-state index is 0.348. The average Bonchev–Trinajstić information content (AvgIpc) is 2.32. The van der Waals surface area contributed by atoms with Crippen molar-refractivity contribution >= 4 is 17.3 Å². The van der Waals surface area contributed by atoms with Gasteiger partial charge in [-0.1, -0.05) is 26.2 Å². The zero-order valence-corrected chi connectivity index (χ0v) is 10.2. The number of ether oxygens (including phenoxy) is 1. The van der Waals surface area contributed by atoms with E-state index < -0.39 is 5.97 Å². The fraction of sp³-hybridized carbons (Fsp3) is 0.462. The lowest BCUT2D eigenvalue weighted by molar-refractivity contribution is 0.0499. The second kappa shape index (κ2) is 6.78. The molecule has 0 aromatic heterocycles. The highest BCUT2D eigenvalue weighted by atomic mass is 16.5. The average molecular weight is 236 g/mol. The molecule has 0 saturated heterocycles. The Morgan fingerprint density at radius 3 is 2.71 bits per heavy atom. The first-order chi connectivity index (χ1) is 8.15. The highest BCUT2D eigenvalue weighted by molar-refractivity contribution is 5.96. The first kappa shape index (κ1) is 13.4. The van der Waals surface area contributed by atoms with Crippen LogP contribution >= 0.6 is 0 Å². The fourth-order valence-electron chi connectivity index (χ4n) is 1.52. The van der Waals surface area contributed by atoms with Crippen molar-refractivity contribution < 1.29 is 9.53 Å². The summed E-state index contributed by atoms with van der Waals surface area (Å²) in [5.74, 6) is -0.397. The van der Waals surface area contributed by atoms with E-state index in [1.807, 2.05) is 0 Å². The van der Waals surface area contributed by atoms with Crippen molar-refractivity contribution in [3.05, 3.63) is 23.8 Å². The smallest absolute Gasteiger partial charge is 0.340 e. The van der Waals surface area contributed by atoms with E-state index in [9.17, 15) is 4.79 Å². The molecular weight excluding hydrogens is 216 g/mol. The Morgan fingerprint density at radius 2 is 2.00 bits per heavy atom. The number of rotatable bonds is 6. The normalized spacial score (nSPS) is 10.2. The number of unbranched alkanes of at least 4 members (excludes halogenated alkanes) is 3. The summed E-state index contributed by atoms with van der Waals surface area (Å²) in [6.45, 7) is 2.58. The molecule has 0 saturated carbocycles. The highest BCUT2D eigenvalue weighted by Gasteiger charge is 2.11. The maximum atomic E-state index is 11.7. The Hall–Kier alpha value is -1.71. The van der Waals surface area contributed by atoms with Gasteiger partial charge in [0.25, 0.3) is 0 Å². The van der Waals surface area contributed by atoms with Crippen molar-refractivity contribution in [1.82, 2.24) is 0 Å². The molecule has 0 radical (unpaired) electrons. The van der Waals surface area contributed by atoms with Gasteiger partial charge in [0.15, 0.2) is 0 Å². The van der Waals surface area contributed by atoms with Gasteiger partial charge in [0.1, 0.15) is 0 Å². The van der Waals surface area contributed by atoms with Crippen molar-refractivity contribution in [2.75, 3.05) is 18.1 Å². The van der Waals surface area contributed by atoms with Gasteiger partial charge in [-0.3, -0.25) is 0 Å². The molecule has 4 N–H and O–H groups in total. The largest absolute Gasteiger partial charge is 0.462 e. The van der Waals surface area contributed by atoms with E-state index in [2.05, 4.69) is 6.92 Å². The van der Waals surface area contributed by atoms with Crippen LogP contribution in [0.2, 0.25) is 0 Å². The molecule has 0 fully saturated rings. The van der Waals surface area contributed by atoms with Gasteiger partial charge < -0.3 is 16.2 Å². The summed E-state index contributed by atoms with van der Waals surface area (Å²) in [7, 11) is 0. The summed E-state index contributed by atoms with van der Waals surface area (Å²) in [6, 6.07) is 4.82. The molecule has 17 heavy (non-hydrogen) atoms. The van der Waals surface area contributed by atoms with Crippen molar-refractivity contribution in [2.45, 2.75) is 32.6 Å². The van der Waals surface area contributed by atoms with Gasteiger partial charge in [0, 0.05) is 11.4 Å². The SMILES string of the molecule is CCCCCCOC(=O)c1cc(N)ccc1N. The molecule has 0 aliphatic heterocycles. The van der Waals surface area contributed by atoms with Crippen LogP contribution < -0.4 is 11.5 Å². The monoisotopic (exact) mass is 236 g/mol. The number of esters is 1. The van der Waals surface area contributed by atoms with Gasteiger partial charge in [-0.05, 0) is 24.6 Å². The Labute approximate surface area is 102 Å².